The van der Waals surface area contributed by atoms with E-state index >= 15 is 0 Å². The van der Waals surface area contributed by atoms with Gasteiger partial charge in [0.05, 0.1) is 5.69 Å². The molecule has 1 atom stereocenters. The molecule has 0 unspecified atom stereocenters. The number of aromatic nitrogens is 2. The first kappa shape index (κ1) is 27.2. The minimum atomic E-state index is -0.113. The third-order valence-corrected chi connectivity index (χ3v) is 8.03. The summed E-state index contributed by atoms with van der Waals surface area (Å²) >= 11 is 0. The molecular formula is C29H44N6O2. The molecule has 8 nitrogen and oxygen atoms in total. The summed E-state index contributed by atoms with van der Waals surface area (Å²) in [6.45, 7) is 15.8. The number of benzene rings is 1. The molecule has 2 saturated heterocycles. The van der Waals surface area contributed by atoms with Crippen LogP contribution in [0.4, 0.5) is 11.6 Å². The molecule has 0 spiro atoms. The van der Waals surface area contributed by atoms with E-state index in [1.165, 1.54) is 16.8 Å². The van der Waals surface area contributed by atoms with Gasteiger partial charge in [0.1, 0.15) is 0 Å². The van der Waals surface area contributed by atoms with Gasteiger partial charge in [0.15, 0.2) is 0 Å². The van der Waals surface area contributed by atoms with Crippen LogP contribution in [0.3, 0.4) is 0 Å². The van der Waals surface area contributed by atoms with Crippen LogP contribution in [0.25, 0.3) is 0 Å². The molecule has 202 valence electrons. The quantitative estimate of drug-likeness (QED) is 0.558. The molecule has 2 fully saturated rings. The number of carbonyl (C=O) groups is 1. The Labute approximate surface area is 221 Å². The summed E-state index contributed by atoms with van der Waals surface area (Å²) in [6, 6.07) is 8.31. The van der Waals surface area contributed by atoms with E-state index in [9.17, 15) is 9.59 Å². The monoisotopic (exact) mass is 508 g/mol. The average molecular weight is 509 g/mol. The summed E-state index contributed by atoms with van der Waals surface area (Å²) in [7, 11) is 0. The third kappa shape index (κ3) is 6.92. The highest BCUT2D eigenvalue weighted by atomic mass is 16.2. The summed E-state index contributed by atoms with van der Waals surface area (Å²) in [5.41, 5.74) is 4.63. The number of amides is 1. The number of hydrogen-bond donors (Lipinski definition) is 1. The largest absolute Gasteiger partial charge is 0.369 e. The first-order chi connectivity index (χ1) is 17.9. The fourth-order valence-corrected chi connectivity index (χ4v) is 5.39. The highest BCUT2D eigenvalue weighted by molar-refractivity contribution is 5.79. The number of aryl methyl sites for hydroxylation is 2. The van der Waals surface area contributed by atoms with E-state index in [4.69, 9.17) is 4.98 Å². The molecule has 2 aromatic rings. The number of hydrogen-bond acceptors (Lipinski definition) is 6. The highest BCUT2D eigenvalue weighted by Crippen LogP contribution is 2.21. The third-order valence-electron chi connectivity index (χ3n) is 8.03. The second-order valence-electron chi connectivity index (χ2n) is 10.7. The molecular weight excluding hydrogens is 464 g/mol. The molecule has 1 aromatic carbocycles. The van der Waals surface area contributed by atoms with Gasteiger partial charge in [-0.25, -0.2) is 4.98 Å². The maximum absolute atomic E-state index is 13.0. The summed E-state index contributed by atoms with van der Waals surface area (Å²) in [4.78, 5) is 42.1. The van der Waals surface area contributed by atoms with Crippen LogP contribution in [0, 0.1) is 19.8 Å². The van der Waals surface area contributed by atoms with Crippen molar-refractivity contribution >= 4 is 17.5 Å². The lowest BCUT2D eigenvalue weighted by Crippen LogP contribution is -2.51. The van der Waals surface area contributed by atoms with Crippen molar-refractivity contribution in [3.8, 4) is 0 Å². The van der Waals surface area contributed by atoms with Crippen LogP contribution in [0.15, 0.2) is 29.1 Å². The van der Waals surface area contributed by atoms with Crippen molar-refractivity contribution in [2.45, 2.75) is 59.9 Å². The van der Waals surface area contributed by atoms with Crippen molar-refractivity contribution in [2.24, 2.45) is 5.92 Å². The van der Waals surface area contributed by atoms with Crippen LogP contribution in [0.1, 0.15) is 56.4 Å². The maximum Gasteiger partial charge on any atom is 0.252 e. The van der Waals surface area contributed by atoms with Gasteiger partial charge in [0.2, 0.25) is 11.9 Å². The zero-order valence-corrected chi connectivity index (χ0v) is 23.1. The normalized spacial score (nSPS) is 17.8. The number of anilines is 2. The van der Waals surface area contributed by atoms with Crippen molar-refractivity contribution in [1.29, 1.82) is 0 Å². The van der Waals surface area contributed by atoms with Crippen molar-refractivity contribution in [3.63, 3.8) is 0 Å². The Balaban J connectivity index is 1.31. The summed E-state index contributed by atoms with van der Waals surface area (Å²) < 4.78 is 0. The lowest BCUT2D eigenvalue weighted by Gasteiger charge is -2.37. The number of piperazine rings is 2. The minimum absolute atomic E-state index is 0.113. The van der Waals surface area contributed by atoms with Crippen molar-refractivity contribution in [1.82, 2.24) is 19.8 Å². The van der Waals surface area contributed by atoms with Crippen LogP contribution < -0.4 is 15.4 Å². The molecule has 0 bridgehead atoms. The van der Waals surface area contributed by atoms with Crippen LogP contribution in [-0.4, -0.2) is 78.0 Å². The number of aromatic amines is 1. The number of unbranched alkanes of at least 4 members (excludes halogenated alkanes) is 1. The van der Waals surface area contributed by atoms with E-state index in [0.717, 1.165) is 57.6 Å². The number of nitrogens with one attached hydrogen (secondary N) is 1. The molecule has 2 aliphatic heterocycles. The Bertz CT molecular complexity index is 1100. The van der Waals surface area contributed by atoms with Gasteiger partial charge in [0.25, 0.3) is 5.56 Å². The molecule has 3 heterocycles. The predicted molar refractivity (Wildman–Crippen MR) is 150 cm³/mol. The van der Waals surface area contributed by atoms with Crippen molar-refractivity contribution < 1.29 is 4.79 Å². The van der Waals surface area contributed by atoms with E-state index in [-0.39, 0.29) is 17.4 Å². The van der Waals surface area contributed by atoms with Gasteiger partial charge in [0, 0.05) is 76.6 Å². The van der Waals surface area contributed by atoms with Crippen molar-refractivity contribution in [2.75, 3.05) is 62.2 Å². The molecule has 4 rings (SSSR count). The first-order valence-corrected chi connectivity index (χ1v) is 14.1. The zero-order valence-electron chi connectivity index (χ0n) is 23.1. The van der Waals surface area contributed by atoms with Gasteiger partial charge in [-0.15, -0.1) is 0 Å². The number of H-pyrrole nitrogens is 1. The molecule has 2 aliphatic rings. The summed E-state index contributed by atoms with van der Waals surface area (Å²) in [5.74, 6) is 1.04. The van der Waals surface area contributed by atoms with E-state index in [0.29, 0.717) is 38.7 Å². The average Bonchev–Trinajstić information content (AvgIpc) is 2.91. The number of carbonyl (C=O) groups excluding carboxylic acids is 1. The molecule has 0 saturated carbocycles. The molecule has 0 radical (unpaired) electrons. The second-order valence-corrected chi connectivity index (χ2v) is 10.7. The number of nitrogens with zero attached hydrogens (tertiary/aromatic N) is 5. The first-order valence-electron chi connectivity index (χ1n) is 14.1. The van der Waals surface area contributed by atoms with Gasteiger partial charge in [-0.2, -0.15) is 0 Å². The van der Waals surface area contributed by atoms with Gasteiger partial charge in [-0.1, -0.05) is 32.8 Å². The predicted octanol–water partition coefficient (Wildman–Crippen LogP) is 3.57. The van der Waals surface area contributed by atoms with Crippen LogP contribution in [0.5, 0.6) is 0 Å². The fraction of sp³-hybridized carbons (Fsp3) is 0.621. The standard InChI is InChI=1S/C29H44N6O2/c1-5-7-8-24(6-2)28(37)34-15-17-35(18-16-34)29-30-25(20-27(36)31-29)21-32-11-13-33(14-12-32)26-10-9-22(3)23(4)19-26/h9-10,19-20,24H,5-8,11-18,21H2,1-4H3,(H,30,31,36)/t24-/m0/s1. The van der Waals surface area contributed by atoms with E-state index < -0.39 is 0 Å². The fourth-order valence-electron chi connectivity index (χ4n) is 5.39. The zero-order chi connectivity index (χ0) is 26.4. The van der Waals surface area contributed by atoms with Gasteiger partial charge in [-0.05, 0) is 49.9 Å². The van der Waals surface area contributed by atoms with Crippen LogP contribution in [-0.2, 0) is 11.3 Å². The summed E-state index contributed by atoms with van der Waals surface area (Å²) in [6.07, 6.45) is 4.09. The van der Waals surface area contributed by atoms with E-state index in [2.05, 4.69) is 65.6 Å². The van der Waals surface area contributed by atoms with Crippen LogP contribution in [0.2, 0.25) is 0 Å². The molecule has 1 N–H and O–H groups in total. The molecule has 0 aliphatic carbocycles. The lowest BCUT2D eigenvalue weighted by atomic mass is 9.97. The second kappa shape index (κ2) is 12.6. The molecule has 1 aromatic heterocycles. The van der Waals surface area contributed by atoms with E-state index in [1.807, 2.05) is 4.90 Å². The minimum Gasteiger partial charge on any atom is -0.369 e. The van der Waals surface area contributed by atoms with Crippen LogP contribution >= 0.6 is 0 Å². The summed E-state index contributed by atoms with van der Waals surface area (Å²) in [5, 5.41) is 0. The van der Waals surface area contributed by atoms with Gasteiger partial charge < -0.3 is 14.7 Å². The molecule has 8 heteroatoms. The highest BCUT2D eigenvalue weighted by Gasteiger charge is 2.27. The maximum atomic E-state index is 13.0. The molecule has 1 amide bonds. The van der Waals surface area contributed by atoms with Crippen molar-refractivity contribution in [3.05, 3.63) is 51.4 Å². The lowest BCUT2D eigenvalue weighted by molar-refractivity contribution is -0.136. The van der Waals surface area contributed by atoms with E-state index in [1.54, 1.807) is 6.07 Å². The topological polar surface area (TPSA) is 75.8 Å². The SMILES string of the molecule is CCCC[C@H](CC)C(=O)N1CCN(c2nc(CN3CCN(c4ccc(C)c(C)c4)CC3)cc(=O)[nH]2)CC1. The Morgan fingerprint density at radius 3 is 2.30 bits per heavy atom. The number of rotatable bonds is 9. The Hall–Kier alpha value is -2.87. The Kier molecular flexibility index (Phi) is 9.24. The Morgan fingerprint density at radius 1 is 0.946 bits per heavy atom. The smallest absolute Gasteiger partial charge is 0.252 e. The van der Waals surface area contributed by atoms with Gasteiger partial charge in [-0.3, -0.25) is 19.5 Å². The Morgan fingerprint density at radius 2 is 1.65 bits per heavy atom. The van der Waals surface area contributed by atoms with Gasteiger partial charge >= 0.3 is 0 Å². The molecule has 37 heavy (non-hydrogen) atoms.